The monoisotopic (exact) mass is 398 g/mol. The second kappa shape index (κ2) is 8.35. The van der Waals surface area contributed by atoms with E-state index in [1.807, 2.05) is 17.0 Å². The molecule has 30 heavy (non-hydrogen) atoms. The maximum Gasteiger partial charge on any atom is 0.258 e. The number of nitrogens with zero attached hydrogens (tertiary/aromatic N) is 1. The van der Waals surface area contributed by atoms with Crippen LogP contribution in [0.5, 0.6) is 0 Å². The Morgan fingerprint density at radius 1 is 0.967 bits per heavy atom. The minimum atomic E-state index is 0.0787. The molecule has 3 heteroatoms. The van der Waals surface area contributed by atoms with Crippen LogP contribution in [0.4, 0.5) is 11.4 Å². The SMILES string of the molecule is CCc1ccc(C(=O)N2c3c(C)cccc3[C@@H](Nc3ccccc3C)C[C@H]2C)cc1. The molecule has 0 aliphatic carbocycles. The molecule has 3 aromatic carbocycles. The van der Waals surface area contributed by atoms with Crippen molar-refractivity contribution in [3.63, 3.8) is 0 Å². The van der Waals surface area contributed by atoms with Gasteiger partial charge in [0.1, 0.15) is 0 Å². The molecule has 4 rings (SSSR count). The van der Waals surface area contributed by atoms with E-state index < -0.39 is 0 Å². The van der Waals surface area contributed by atoms with Crippen LogP contribution in [0.15, 0.2) is 66.7 Å². The zero-order valence-corrected chi connectivity index (χ0v) is 18.3. The van der Waals surface area contributed by atoms with Crippen molar-refractivity contribution in [2.75, 3.05) is 10.2 Å². The molecule has 0 saturated heterocycles. The molecule has 1 aliphatic rings. The molecule has 0 saturated carbocycles. The maximum atomic E-state index is 13.5. The number of amides is 1. The van der Waals surface area contributed by atoms with E-state index in [1.165, 1.54) is 16.7 Å². The van der Waals surface area contributed by atoms with Crippen LogP contribution in [0.3, 0.4) is 0 Å². The standard InChI is InChI=1S/C27H30N2O/c1-5-21-13-15-22(16-14-21)27(30)29-20(4)17-25(23-11-8-10-19(3)26(23)29)28-24-12-7-6-9-18(24)2/h6-16,20,25,28H,5,17H2,1-4H3/t20-,25+/m1/s1. The summed E-state index contributed by atoms with van der Waals surface area (Å²) in [7, 11) is 0. The highest BCUT2D eigenvalue weighted by Crippen LogP contribution is 2.41. The molecule has 1 N–H and O–H groups in total. The van der Waals surface area contributed by atoms with E-state index in [0.29, 0.717) is 0 Å². The number of benzene rings is 3. The van der Waals surface area contributed by atoms with Gasteiger partial charge in [0.15, 0.2) is 0 Å². The van der Waals surface area contributed by atoms with Crippen LogP contribution in [0.25, 0.3) is 0 Å². The van der Waals surface area contributed by atoms with E-state index in [4.69, 9.17) is 0 Å². The first-order valence-electron chi connectivity index (χ1n) is 10.8. The highest BCUT2D eigenvalue weighted by molar-refractivity contribution is 6.07. The molecule has 0 aromatic heterocycles. The van der Waals surface area contributed by atoms with E-state index in [1.54, 1.807) is 0 Å². The minimum absolute atomic E-state index is 0.0787. The van der Waals surface area contributed by atoms with Crippen molar-refractivity contribution < 1.29 is 4.79 Å². The van der Waals surface area contributed by atoms with E-state index in [9.17, 15) is 4.79 Å². The Bertz CT molecular complexity index is 1050. The number of para-hydroxylation sites is 2. The number of anilines is 2. The molecule has 1 heterocycles. The number of fused-ring (bicyclic) bond motifs is 1. The number of carbonyl (C=O) groups is 1. The Labute approximate surface area is 179 Å². The van der Waals surface area contributed by atoms with Crippen molar-refractivity contribution >= 4 is 17.3 Å². The first kappa shape index (κ1) is 20.2. The van der Waals surface area contributed by atoms with E-state index in [0.717, 1.165) is 35.3 Å². The molecule has 3 aromatic rings. The lowest BCUT2D eigenvalue weighted by molar-refractivity contribution is 0.0974. The second-order valence-electron chi connectivity index (χ2n) is 8.33. The first-order valence-corrected chi connectivity index (χ1v) is 10.8. The summed E-state index contributed by atoms with van der Waals surface area (Å²) >= 11 is 0. The van der Waals surface area contributed by atoms with Gasteiger partial charge in [0.25, 0.3) is 5.91 Å². The van der Waals surface area contributed by atoms with E-state index in [-0.39, 0.29) is 18.0 Å². The molecule has 154 valence electrons. The molecule has 1 aliphatic heterocycles. The smallest absolute Gasteiger partial charge is 0.258 e. The molecular weight excluding hydrogens is 368 g/mol. The normalized spacial score (nSPS) is 18.1. The number of rotatable bonds is 4. The van der Waals surface area contributed by atoms with Crippen LogP contribution in [0.2, 0.25) is 0 Å². The predicted octanol–water partition coefficient (Wildman–Crippen LogP) is 6.46. The van der Waals surface area contributed by atoms with Gasteiger partial charge in [-0.1, -0.05) is 55.5 Å². The summed E-state index contributed by atoms with van der Waals surface area (Å²) in [5.74, 6) is 0.0787. The topological polar surface area (TPSA) is 32.3 Å². The average Bonchev–Trinajstić information content (AvgIpc) is 2.76. The van der Waals surface area contributed by atoms with Crippen LogP contribution in [-0.4, -0.2) is 11.9 Å². The molecule has 0 radical (unpaired) electrons. The van der Waals surface area contributed by atoms with Gasteiger partial charge in [-0.05, 0) is 74.1 Å². The summed E-state index contributed by atoms with van der Waals surface area (Å²) in [5, 5.41) is 3.74. The lowest BCUT2D eigenvalue weighted by Gasteiger charge is -2.41. The summed E-state index contributed by atoms with van der Waals surface area (Å²) in [6.45, 7) is 8.51. The Balaban J connectivity index is 1.72. The van der Waals surface area contributed by atoms with Gasteiger partial charge in [0.05, 0.1) is 11.7 Å². The van der Waals surface area contributed by atoms with Crippen molar-refractivity contribution in [1.29, 1.82) is 0 Å². The Kier molecular flexibility index (Phi) is 5.63. The van der Waals surface area contributed by atoms with Crippen molar-refractivity contribution in [2.24, 2.45) is 0 Å². The zero-order chi connectivity index (χ0) is 21.3. The molecular formula is C27H30N2O. The molecule has 1 amide bonds. The van der Waals surface area contributed by atoms with Gasteiger partial charge in [0.2, 0.25) is 0 Å². The Morgan fingerprint density at radius 3 is 2.37 bits per heavy atom. The van der Waals surface area contributed by atoms with Crippen LogP contribution in [0, 0.1) is 13.8 Å². The van der Waals surface area contributed by atoms with E-state index >= 15 is 0 Å². The van der Waals surface area contributed by atoms with Crippen LogP contribution >= 0.6 is 0 Å². The molecule has 0 fully saturated rings. The Hall–Kier alpha value is -3.07. The highest BCUT2D eigenvalue weighted by Gasteiger charge is 2.35. The number of carbonyl (C=O) groups excluding carboxylic acids is 1. The highest BCUT2D eigenvalue weighted by atomic mass is 16.2. The van der Waals surface area contributed by atoms with Crippen LogP contribution in [-0.2, 0) is 6.42 Å². The largest absolute Gasteiger partial charge is 0.378 e. The third kappa shape index (κ3) is 3.72. The van der Waals surface area contributed by atoms with Crippen LogP contribution < -0.4 is 10.2 Å². The van der Waals surface area contributed by atoms with Crippen LogP contribution in [0.1, 0.15) is 58.9 Å². The fourth-order valence-corrected chi connectivity index (χ4v) is 4.47. The minimum Gasteiger partial charge on any atom is -0.378 e. The van der Waals surface area contributed by atoms with Gasteiger partial charge >= 0.3 is 0 Å². The second-order valence-corrected chi connectivity index (χ2v) is 8.33. The molecule has 0 unspecified atom stereocenters. The number of hydrogen-bond acceptors (Lipinski definition) is 2. The number of nitrogens with one attached hydrogen (secondary N) is 1. The lowest BCUT2D eigenvalue weighted by atomic mass is 9.88. The number of aryl methyl sites for hydroxylation is 3. The van der Waals surface area contributed by atoms with Crippen molar-refractivity contribution in [3.8, 4) is 0 Å². The zero-order valence-electron chi connectivity index (χ0n) is 18.3. The van der Waals surface area contributed by atoms with Gasteiger partial charge in [-0.25, -0.2) is 0 Å². The lowest BCUT2D eigenvalue weighted by Crippen LogP contribution is -2.44. The predicted molar refractivity (Wildman–Crippen MR) is 125 cm³/mol. The third-order valence-electron chi connectivity index (χ3n) is 6.21. The molecule has 0 bridgehead atoms. The fourth-order valence-electron chi connectivity index (χ4n) is 4.47. The quantitative estimate of drug-likeness (QED) is 0.547. The summed E-state index contributed by atoms with van der Waals surface area (Å²) in [6.07, 6.45) is 1.84. The van der Waals surface area contributed by atoms with Crippen molar-refractivity contribution in [3.05, 3.63) is 94.5 Å². The van der Waals surface area contributed by atoms with Crippen molar-refractivity contribution in [1.82, 2.24) is 0 Å². The number of hydrogen-bond donors (Lipinski definition) is 1. The summed E-state index contributed by atoms with van der Waals surface area (Å²) in [5.41, 5.74) is 7.75. The fraction of sp³-hybridized carbons (Fsp3) is 0.296. The molecule has 2 atom stereocenters. The summed E-state index contributed by atoms with van der Waals surface area (Å²) in [6, 6.07) is 23.0. The van der Waals surface area contributed by atoms with Gasteiger partial charge in [-0.15, -0.1) is 0 Å². The van der Waals surface area contributed by atoms with Gasteiger partial charge in [-0.3, -0.25) is 4.79 Å². The average molecular weight is 399 g/mol. The third-order valence-corrected chi connectivity index (χ3v) is 6.21. The summed E-state index contributed by atoms with van der Waals surface area (Å²) in [4.78, 5) is 15.6. The van der Waals surface area contributed by atoms with Gasteiger partial charge in [-0.2, -0.15) is 0 Å². The molecule has 0 spiro atoms. The first-order chi connectivity index (χ1) is 14.5. The molecule has 3 nitrogen and oxygen atoms in total. The Morgan fingerprint density at radius 2 is 1.67 bits per heavy atom. The van der Waals surface area contributed by atoms with Gasteiger partial charge in [0, 0.05) is 17.3 Å². The summed E-state index contributed by atoms with van der Waals surface area (Å²) < 4.78 is 0. The van der Waals surface area contributed by atoms with Crippen molar-refractivity contribution in [2.45, 2.75) is 52.6 Å². The van der Waals surface area contributed by atoms with E-state index in [2.05, 4.69) is 87.6 Å². The van der Waals surface area contributed by atoms with Gasteiger partial charge < -0.3 is 10.2 Å². The maximum absolute atomic E-state index is 13.5.